The first-order valence-electron chi connectivity index (χ1n) is 5.57. The minimum absolute atomic E-state index is 0.517. The summed E-state index contributed by atoms with van der Waals surface area (Å²) in [6, 6.07) is 7.75. The molecule has 0 radical (unpaired) electrons. The highest BCUT2D eigenvalue weighted by atomic mass is 35.5. The second-order valence-electron chi connectivity index (χ2n) is 3.51. The number of alkyl halides is 1. The van der Waals surface area contributed by atoms with Gasteiger partial charge in [-0.2, -0.15) is 0 Å². The Morgan fingerprint density at radius 3 is 2.71 bits per heavy atom. The van der Waals surface area contributed by atoms with Crippen molar-refractivity contribution < 1.29 is 9.15 Å². The number of oxazole rings is 1. The summed E-state index contributed by atoms with van der Waals surface area (Å²) in [6.07, 6.45) is 2.37. The topological polar surface area (TPSA) is 35.3 Å². The molecule has 0 aliphatic carbocycles. The lowest BCUT2D eigenvalue weighted by Gasteiger charge is -2.02. The summed E-state index contributed by atoms with van der Waals surface area (Å²) in [5.74, 6) is 2.80. The van der Waals surface area contributed by atoms with E-state index in [4.69, 9.17) is 20.8 Å². The normalized spacial score (nSPS) is 10.5. The number of nitrogens with zero attached hydrogens (tertiary/aromatic N) is 1. The second-order valence-corrected chi connectivity index (χ2v) is 3.89. The fraction of sp³-hybridized carbons (Fsp3) is 0.308. The molecular weight excluding hydrogens is 238 g/mol. The van der Waals surface area contributed by atoms with Crippen LogP contribution in [0, 0.1) is 0 Å². The molecule has 0 aliphatic rings. The molecule has 4 heteroatoms. The number of aromatic nitrogens is 1. The number of ether oxygens (including phenoxy) is 1. The van der Waals surface area contributed by atoms with Gasteiger partial charge >= 0.3 is 0 Å². The van der Waals surface area contributed by atoms with Crippen molar-refractivity contribution >= 4 is 11.6 Å². The Morgan fingerprint density at radius 1 is 1.29 bits per heavy atom. The van der Waals surface area contributed by atoms with Gasteiger partial charge in [-0.25, -0.2) is 4.98 Å². The van der Waals surface area contributed by atoms with Crippen molar-refractivity contribution in [3.63, 3.8) is 0 Å². The van der Waals surface area contributed by atoms with Crippen LogP contribution >= 0.6 is 11.6 Å². The van der Waals surface area contributed by atoms with Crippen LogP contribution in [-0.4, -0.2) is 17.5 Å². The molecule has 90 valence electrons. The first-order chi connectivity index (χ1) is 8.33. The van der Waals surface area contributed by atoms with E-state index < -0.39 is 0 Å². The summed E-state index contributed by atoms with van der Waals surface area (Å²) >= 11 is 5.63. The maximum Gasteiger partial charge on any atom is 0.196 e. The zero-order valence-electron chi connectivity index (χ0n) is 9.65. The number of benzene rings is 1. The van der Waals surface area contributed by atoms with E-state index in [0.29, 0.717) is 24.8 Å². The molecule has 1 aromatic heterocycles. The van der Waals surface area contributed by atoms with E-state index in [1.807, 2.05) is 31.2 Å². The molecule has 0 N–H and O–H groups in total. The van der Waals surface area contributed by atoms with E-state index in [2.05, 4.69) is 4.98 Å². The van der Waals surface area contributed by atoms with Crippen molar-refractivity contribution in [3.05, 3.63) is 36.4 Å². The number of hydrogen-bond donors (Lipinski definition) is 0. The number of aryl methyl sites for hydroxylation is 1. The minimum Gasteiger partial charge on any atom is -0.494 e. The molecule has 0 unspecified atom stereocenters. The van der Waals surface area contributed by atoms with Gasteiger partial charge in [0.05, 0.1) is 12.8 Å². The van der Waals surface area contributed by atoms with Crippen molar-refractivity contribution in [2.24, 2.45) is 0 Å². The summed E-state index contributed by atoms with van der Waals surface area (Å²) in [7, 11) is 0. The zero-order valence-corrected chi connectivity index (χ0v) is 10.4. The van der Waals surface area contributed by atoms with Crippen molar-refractivity contribution in [2.45, 2.75) is 13.3 Å². The van der Waals surface area contributed by atoms with Crippen LogP contribution < -0.4 is 4.74 Å². The molecule has 3 nitrogen and oxygen atoms in total. The van der Waals surface area contributed by atoms with Gasteiger partial charge in [0.15, 0.2) is 11.7 Å². The lowest BCUT2D eigenvalue weighted by molar-refractivity contribution is 0.340. The molecule has 0 amide bonds. The summed E-state index contributed by atoms with van der Waals surface area (Å²) < 4.78 is 11.0. The summed E-state index contributed by atoms with van der Waals surface area (Å²) in [6.45, 7) is 2.63. The van der Waals surface area contributed by atoms with Crippen LogP contribution in [0.1, 0.15) is 12.8 Å². The first-order valence-corrected chi connectivity index (χ1v) is 6.11. The standard InChI is InChI=1S/C13H14ClNO2/c1-2-16-11-5-3-10(4-6-11)12-9-15-13(17-12)7-8-14/h3-6,9H,2,7-8H2,1H3. The Kier molecular flexibility index (Phi) is 4.04. The predicted molar refractivity (Wildman–Crippen MR) is 67.5 cm³/mol. The van der Waals surface area contributed by atoms with E-state index in [1.165, 1.54) is 0 Å². The molecule has 2 rings (SSSR count). The van der Waals surface area contributed by atoms with E-state index in [9.17, 15) is 0 Å². The zero-order chi connectivity index (χ0) is 12.1. The lowest BCUT2D eigenvalue weighted by atomic mass is 10.2. The third-order valence-corrected chi connectivity index (χ3v) is 2.50. The average molecular weight is 252 g/mol. The van der Waals surface area contributed by atoms with Crippen LogP contribution in [0.2, 0.25) is 0 Å². The third-order valence-electron chi connectivity index (χ3n) is 2.31. The van der Waals surface area contributed by atoms with Crippen molar-refractivity contribution in [2.75, 3.05) is 12.5 Å². The van der Waals surface area contributed by atoms with E-state index in [0.717, 1.165) is 17.1 Å². The molecule has 1 heterocycles. The second kappa shape index (κ2) is 5.73. The molecule has 0 atom stereocenters. The summed E-state index contributed by atoms with van der Waals surface area (Å²) in [5, 5.41) is 0. The lowest BCUT2D eigenvalue weighted by Crippen LogP contribution is -1.90. The Hall–Kier alpha value is -1.48. The van der Waals surface area contributed by atoms with E-state index >= 15 is 0 Å². The van der Waals surface area contributed by atoms with Crippen LogP contribution in [0.25, 0.3) is 11.3 Å². The number of hydrogen-bond acceptors (Lipinski definition) is 3. The van der Waals surface area contributed by atoms with E-state index in [-0.39, 0.29) is 0 Å². The highest BCUT2D eigenvalue weighted by molar-refractivity contribution is 6.17. The van der Waals surface area contributed by atoms with Crippen LogP contribution in [-0.2, 0) is 6.42 Å². The molecule has 0 aliphatic heterocycles. The van der Waals surface area contributed by atoms with Gasteiger partial charge in [0.2, 0.25) is 0 Å². The van der Waals surface area contributed by atoms with Crippen LogP contribution in [0.3, 0.4) is 0 Å². The minimum atomic E-state index is 0.517. The number of rotatable bonds is 5. The Balaban J connectivity index is 2.15. The maximum atomic E-state index is 5.63. The first kappa shape index (κ1) is 12.0. The van der Waals surface area contributed by atoms with Gasteiger partial charge < -0.3 is 9.15 Å². The summed E-state index contributed by atoms with van der Waals surface area (Å²) in [4.78, 5) is 4.16. The van der Waals surface area contributed by atoms with Gasteiger partial charge in [0, 0.05) is 17.9 Å². The van der Waals surface area contributed by atoms with Gasteiger partial charge in [-0.1, -0.05) is 0 Å². The molecule has 1 aromatic carbocycles. The van der Waals surface area contributed by atoms with Crippen LogP contribution in [0.4, 0.5) is 0 Å². The van der Waals surface area contributed by atoms with Gasteiger partial charge in [0.1, 0.15) is 5.75 Å². The molecule has 0 spiro atoms. The van der Waals surface area contributed by atoms with Crippen LogP contribution in [0.5, 0.6) is 5.75 Å². The average Bonchev–Trinajstić information content (AvgIpc) is 2.80. The van der Waals surface area contributed by atoms with Crippen molar-refractivity contribution in [1.29, 1.82) is 0 Å². The molecule has 0 fully saturated rings. The molecule has 0 saturated carbocycles. The Labute approximate surface area is 105 Å². The monoisotopic (exact) mass is 251 g/mol. The molecule has 0 bridgehead atoms. The van der Waals surface area contributed by atoms with Crippen LogP contribution in [0.15, 0.2) is 34.9 Å². The molecular formula is C13H14ClNO2. The quantitative estimate of drug-likeness (QED) is 0.763. The molecule has 17 heavy (non-hydrogen) atoms. The number of halogens is 1. The molecule has 2 aromatic rings. The smallest absolute Gasteiger partial charge is 0.196 e. The maximum absolute atomic E-state index is 5.63. The predicted octanol–water partition coefficient (Wildman–Crippen LogP) is 3.52. The van der Waals surface area contributed by atoms with Gasteiger partial charge in [0.25, 0.3) is 0 Å². The fourth-order valence-corrected chi connectivity index (χ4v) is 1.68. The fourth-order valence-electron chi connectivity index (χ4n) is 1.52. The van der Waals surface area contributed by atoms with Gasteiger partial charge in [-0.15, -0.1) is 11.6 Å². The highest BCUT2D eigenvalue weighted by Crippen LogP contribution is 2.23. The largest absolute Gasteiger partial charge is 0.494 e. The third kappa shape index (κ3) is 3.01. The van der Waals surface area contributed by atoms with Crippen molar-refractivity contribution in [3.8, 4) is 17.1 Å². The van der Waals surface area contributed by atoms with Gasteiger partial charge in [-0.3, -0.25) is 0 Å². The van der Waals surface area contributed by atoms with Gasteiger partial charge in [-0.05, 0) is 31.2 Å². The Morgan fingerprint density at radius 2 is 2.06 bits per heavy atom. The SMILES string of the molecule is CCOc1ccc(-c2cnc(CCCl)o2)cc1. The summed E-state index contributed by atoms with van der Waals surface area (Å²) in [5.41, 5.74) is 0.988. The Bertz CT molecular complexity index is 465. The molecule has 0 saturated heterocycles. The van der Waals surface area contributed by atoms with Crippen molar-refractivity contribution in [1.82, 2.24) is 4.98 Å². The van der Waals surface area contributed by atoms with E-state index in [1.54, 1.807) is 6.20 Å². The highest BCUT2D eigenvalue weighted by Gasteiger charge is 2.05.